The summed E-state index contributed by atoms with van der Waals surface area (Å²) in [6.07, 6.45) is 1.48. The van der Waals surface area contributed by atoms with Crippen LogP contribution in [0.4, 0.5) is 4.39 Å². The van der Waals surface area contributed by atoms with Crippen LogP contribution in [0, 0.1) is 5.82 Å². The largest absolute Gasteiger partial charge is 0.336 e. The maximum Gasteiger partial charge on any atom is 0.255 e. The number of hydrogen-bond donors (Lipinski definition) is 1. The highest BCUT2D eigenvalue weighted by molar-refractivity contribution is 6.36. The molecule has 2 N–H and O–H groups in total. The first-order chi connectivity index (χ1) is 8.90. The van der Waals surface area contributed by atoms with Crippen molar-refractivity contribution in [1.29, 1.82) is 0 Å². The smallest absolute Gasteiger partial charge is 0.255 e. The van der Waals surface area contributed by atoms with Crippen LogP contribution >= 0.6 is 23.2 Å². The Kier molecular flexibility index (Phi) is 4.33. The van der Waals surface area contributed by atoms with Crippen molar-refractivity contribution in [2.75, 3.05) is 6.54 Å². The fraction of sp³-hybridized carbons (Fsp3) is 0.462. The summed E-state index contributed by atoms with van der Waals surface area (Å²) in [4.78, 5) is 14.1. The van der Waals surface area contributed by atoms with Crippen molar-refractivity contribution in [2.45, 2.75) is 31.8 Å². The SMILES string of the molecule is C[C@@H]1C[C@H](N)CCN1C(=O)c1cc(F)c(Cl)cc1Cl. The van der Waals surface area contributed by atoms with Gasteiger partial charge in [-0.3, -0.25) is 4.79 Å². The Morgan fingerprint density at radius 1 is 1.42 bits per heavy atom. The lowest BCUT2D eigenvalue weighted by atomic mass is 9.98. The molecule has 1 aromatic rings. The number of halogens is 3. The molecule has 0 aliphatic carbocycles. The van der Waals surface area contributed by atoms with Gasteiger partial charge < -0.3 is 10.6 Å². The van der Waals surface area contributed by atoms with Crippen molar-refractivity contribution >= 4 is 29.1 Å². The first-order valence-corrected chi connectivity index (χ1v) is 6.87. The molecule has 104 valence electrons. The summed E-state index contributed by atoms with van der Waals surface area (Å²) in [6, 6.07) is 2.47. The van der Waals surface area contributed by atoms with Gasteiger partial charge in [0.1, 0.15) is 5.82 Å². The van der Waals surface area contributed by atoms with Crippen LogP contribution in [-0.4, -0.2) is 29.4 Å². The van der Waals surface area contributed by atoms with E-state index in [4.69, 9.17) is 28.9 Å². The Hall–Kier alpha value is -0.840. The van der Waals surface area contributed by atoms with Crippen LogP contribution in [0.2, 0.25) is 10.0 Å². The second-order valence-corrected chi connectivity index (χ2v) is 5.69. The first kappa shape index (κ1) is 14.6. The van der Waals surface area contributed by atoms with Crippen molar-refractivity contribution in [3.05, 3.63) is 33.6 Å². The molecule has 2 rings (SSSR count). The van der Waals surface area contributed by atoms with Gasteiger partial charge in [0.15, 0.2) is 0 Å². The third-order valence-electron chi connectivity index (χ3n) is 3.42. The molecule has 0 aromatic heterocycles. The normalized spacial score (nSPS) is 23.5. The van der Waals surface area contributed by atoms with Crippen molar-refractivity contribution in [2.24, 2.45) is 5.73 Å². The molecule has 1 heterocycles. The van der Waals surface area contributed by atoms with Crippen LogP contribution < -0.4 is 5.73 Å². The number of carbonyl (C=O) groups is 1. The number of nitrogens with zero attached hydrogens (tertiary/aromatic N) is 1. The van der Waals surface area contributed by atoms with Gasteiger partial charge in [-0.2, -0.15) is 0 Å². The van der Waals surface area contributed by atoms with Gasteiger partial charge in [0.05, 0.1) is 15.6 Å². The van der Waals surface area contributed by atoms with E-state index >= 15 is 0 Å². The summed E-state index contributed by atoms with van der Waals surface area (Å²) in [6.45, 7) is 2.48. The lowest BCUT2D eigenvalue weighted by molar-refractivity contribution is 0.0619. The van der Waals surface area contributed by atoms with Gasteiger partial charge in [-0.15, -0.1) is 0 Å². The summed E-state index contributed by atoms with van der Waals surface area (Å²) in [5.41, 5.74) is 6.00. The maximum atomic E-state index is 13.5. The number of benzene rings is 1. The van der Waals surface area contributed by atoms with Crippen LogP contribution in [0.15, 0.2) is 12.1 Å². The predicted molar refractivity (Wildman–Crippen MR) is 74.1 cm³/mol. The average molecular weight is 305 g/mol. The number of hydrogen-bond acceptors (Lipinski definition) is 2. The number of rotatable bonds is 1. The van der Waals surface area contributed by atoms with E-state index in [0.717, 1.165) is 18.9 Å². The summed E-state index contributed by atoms with van der Waals surface area (Å²) >= 11 is 11.6. The van der Waals surface area contributed by atoms with Crippen LogP contribution in [0.5, 0.6) is 0 Å². The van der Waals surface area contributed by atoms with E-state index < -0.39 is 5.82 Å². The molecule has 1 amide bonds. The first-order valence-electron chi connectivity index (χ1n) is 6.11. The standard InChI is InChI=1S/C13H15Cl2FN2O/c1-7-4-8(17)2-3-18(7)13(19)9-5-12(16)11(15)6-10(9)14/h5-8H,2-4,17H2,1H3/t7-,8-/m1/s1. The molecule has 0 radical (unpaired) electrons. The molecule has 1 saturated heterocycles. The molecular weight excluding hydrogens is 290 g/mol. The fourth-order valence-electron chi connectivity index (χ4n) is 2.35. The van der Waals surface area contributed by atoms with Crippen molar-refractivity contribution in [3.63, 3.8) is 0 Å². The zero-order chi connectivity index (χ0) is 14.2. The van der Waals surface area contributed by atoms with Gasteiger partial charge in [-0.1, -0.05) is 23.2 Å². The van der Waals surface area contributed by atoms with E-state index in [-0.39, 0.29) is 33.6 Å². The average Bonchev–Trinajstić information content (AvgIpc) is 2.33. The Balaban J connectivity index is 2.27. The number of piperidine rings is 1. The van der Waals surface area contributed by atoms with Gasteiger partial charge >= 0.3 is 0 Å². The molecule has 6 heteroatoms. The van der Waals surface area contributed by atoms with E-state index in [1.165, 1.54) is 6.07 Å². The minimum Gasteiger partial charge on any atom is -0.336 e. The van der Waals surface area contributed by atoms with E-state index in [1.807, 2.05) is 6.92 Å². The van der Waals surface area contributed by atoms with E-state index in [0.29, 0.717) is 6.54 Å². The Morgan fingerprint density at radius 2 is 2.11 bits per heavy atom. The molecule has 0 bridgehead atoms. The number of nitrogens with two attached hydrogens (primary N) is 1. The minimum atomic E-state index is -0.643. The summed E-state index contributed by atoms with van der Waals surface area (Å²) in [7, 11) is 0. The summed E-state index contributed by atoms with van der Waals surface area (Å²) in [5.74, 6) is -0.921. The molecule has 2 atom stereocenters. The van der Waals surface area contributed by atoms with Gasteiger partial charge in [0.25, 0.3) is 5.91 Å². The van der Waals surface area contributed by atoms with E-state index in [1.54, 1.807) is 4.90 Å². The highest BCUT2D eigenvalue weighted by Crippen LogP contribution is 2.27. The minimum absolute atomic E-state index is 0.0195. The molecule has 0 saturated carbocycles. The van der Waals surface area contributed by atoms with Crippen LogP contribution in [-0.2, 0) is 0 Å². The number of carbonyl (C=O) groups excluding carboxylic acids is 1. The van der Waals surface area contributed by atoms with Crippen molar-refractivity contribution in [1.82, 2.24) is 4.90 Å². The second kappa shape index (κ2) is 5.65. The molecule has 3 nitrogen and oxygen atoms in total. The van der Waals surface area contributed by atoms with Gasteiger partial charge in [0, 0.05) is 18.6 Å². The Morgan fingerprint density at radius 3 is 2.74 bits per heavy atom. The molecule has 19 heavy (non-hydrogen) atoms. The topological polar surface area (TPSA) is 46.3 Å². The Labute approximate surface area is 121 Å². The van der Waals surface area contributed by atoms with E-state index in [9.17, 15) is 9.18 Å². The predicted octanol–water partition coefficient (Wildman–Crippen LogP) is 3.08. The summed E-state index contributed by atoms with van der Waals surface area (Å²) < 4.78 is 13.5. The third kappa shape index (κ3) is 3.02. The monoisotopic (exact) mass is 304 g/mol. The van der Waals surface area contributed by atoms with Gasteiger partial charge in [-0.25, -0.2) is 4.39 Å². The Bertz CT molecular complexity index is 510. The quantitative estimate of drug-likeness (QED) is 0.811. The van der Waals surface area contributed by atoms with Gasteiger partial charge in [-0.05, 0) is 31.9 Å². The summed E-state index contributed by atoms with van der Waals surface area (Å²) in [5, 5.41) is 0.0775. The van der Waals surface area contributed by atoms with Crippen LogP contribution in [0.3, 0.4) is 0 Å². The van der Waals surface area contributed by atoms with Crippen LogP contribution in [0.25, 0.3) is 0 Å². The molecule has 0 spiro atoms. The molecule has 1 aliphatic heterocycles. The lowest BCUT2D eigenvalue weighted by Gasteiger charge is -2.36. The molecule has 1 fully saturated rings. The second-order valence-electron chi connectivity index (χ2n) is 4.88. The van der Waals surface area contributed by atoms with Gasteiger partial charge in [0.2, 0.25) is 0 Å². The molecule has 1 aliphatic rings. The lowest BCUT2D eigenvalue weighted by Crippen LogP contribution is -2.48. The molecule has 1 aromatic carbocycles. The maximum absolute atomic E-state index is 13.5. The molecule has 0 unspecified atom stereocenters. The number of amides is 1. The third-order valence-corrected chi connectivity index (χ3v) is 4.02. The zero-order valence-electron chi connectivity index (χ0n) is 10.5. The van der Waals surface area contributed by atoms with Crippen molar-refractivity contribution < 1.29 is 9.18 Å². The highest BCUT2D eigenvalue weighted by Gasteiger charge is 2.29. The molecular formula is C13H15Cl2FN2O. The highest BCUT2D eigenvalue weighted by atomic mass is 35.5. The number of likely N-dealkylation sites (tertiary alicyclic amines) is 1. The van der Waals surface area contributed by atoms with E-state index in [2.05, 4.69) is 0 Å². The van der Waals surface area contributed by atoms with Crippen molar-refractivity contribution in [3.8, 4) is 0 Å². The fourth-order valence-corrected chi connectivity index (χ4v) is 2.82. The van der Waals surface area contributed by atoms with Crippen LogP contribution in [0.1, 0.15) is 30.1 Å². The zero-order valence-corrected chi connectivity index (χ0v) is 12.0.